The van der Waals surface area contributed by atoms with Crippen molar-refractivity contribution in [1.82, 2.24) is 15.1 Å². The Balaban J connectivity index is 1.67. The molecule has 1 amide bonds. The maximum Gasteiger partial charge on any atom is 0.251 e. The molecule has 0 radical (unpaired) electrons. The number of amides is 1. The molecule has 3 rings (SSSR count). The van der Waals surface area contributed by atoms with Gasteiger partial charge in [-0.15, -0.1) is 0 Å². The van der Waals surface area contributed by atoms with Crippen LogP contribution in [0.25, 0.3) is 0 Å². The summed E-state index contributed by atoms with van der Waals surface area (Å²) in [6.45, 7) is 10.8. The molecule has 1 unspecified atom stereocenters. The standard InChI is InChI=1S/C24H32ClN3O2/c1-3-28(4-2)23(21-10-5-6-11-22(21)25)17-26-24(29)20-9-7-8-19(16-20)18-27-12-14-30-15-13-27/h5-11,16,23H,3-4,12-15,17-18H2,1-2H3,(H,26,29). The fraction of sp³-hybridized carbons (Fsp3) is 0.458. The predicted octanol–water partition coefficient (Wildman–Crippen LogP) is 3.99. The lowest BCUT2D eigenvalue weighted by molar-refractivity contribution is 0.0342. The van der Waals surface area contributed by atoms with E-state index in [4.69, 9.17) is 16.3 Å². The Morgan fingerprint density at radius 3 is 2.57 bits per heavy atom. The number of nitrogens with zero attached hydrogens (tertiary/aromatic N) is 2. The van der Waals surface area contributed by atoms with Gasteiger partial charge in [0.25, 0.3) is 5.91 Å². The van der Waals surface area contributed by atoms with Crippen LogP contribution in [0.3, 0.4) is 0 Å². The summed E-state index contributed by atoms with van der Waals surface area (Å²) in [5, 5.41) is 3.86. The maximum atomic E-state index is 12.9. The second-order valence-corrected chi connectivity index (χ2v) is 7.96. The molecule has 30 heavy (non-hydrogen) atoms. The lowest BCUT2D eigenvalue weighted by atomic mass is 10.0. The average Bonchev–Trinajstić information content (AvgIpc) is 2.78. The summed E-state index contributed by atoms with van der Waals surface area (Å²) >= 11 is 6.47. The first-order valence-electron chi connectivity index (χ1n) is 10.8. The van der Waals surface area contributed by atoms with Crippen molar-refractivity contribution in [3.8, 4) is 0 Å². The molecular weight excluding hydrogens is 398 g/mol. The highest BCUT2D eigenvalue weighted by Gasteiger charge is 2.21. The van der Waals surface area contributed by atoms with Crippen molar-refractivity contribution in [2.75, 3.05) is 45.9 Å². The minimum Gasteiger partial charge on any atom is -0.379 e. The lowest BCUT2D eigenvalue weighted by Gasteiger charge is -2.31. The van der Waals surface area contributed by atoms with E-state index < -0.39 is 0 Å². The molecule has 0 saturated carbocycles. The molecule has 2 aromatic carbocycles. The maximum absolute atomic E-state index is 12.9. The molecule has 0 aliphatic carbocycles. The molecule has 1 aliphatic rings. The van der Waals surface area contributed by atoms with Crippen molar-refractivity contribution < 1.29 is 9.53 Å². The molecule has 0 bridgehead atoms. The van der Waals surface area contributed by atoms with Gasteiger partial charge in [0, 0.05) is 36.8 Å². The molecule has 1 atom stereocenters. The van der Waals surface area contributed by atoms with Gasteiger partial charge in [-0.25, -0.2) is 0 Å². The zero-order valence-electron chi connectivity index (χ0n) is 17.9. The van der Waals surface area contributed by atoms with Crippen molar-refractivity contribution in [3.05, 3.63) is 70.2 Å². The van der Waals surface area contributed by atoms with Crippen LogP contribution >= 0.6 is 11.6 Å². The Morgan fingerprint density at radius 1 is 1.13 bits per heavy atom. The SMILES string of the molecule is CCN(CC)C(CNC(=O)c1cccc(CN2CCOCC2)c1)c1ccccc1Cl. The Kier molecular flexibility index (Phi) is 8.70. The first-order chi connectivity index (χ1) is 14.6. The van der Waals surface area contributed by atoms with E-state index in [9.17, 15) is 4.79 Å². The highest BCUT2D eigenvalue weighted by atomic mass is 35.5. The number of morpholine rings is 1. The number of ether oxygens (including phenoxy) is 1. The van der Waals surface area contributed by atoms with Gasteiger partial charge in [0.15, 0.2) is 0 Å². The van der Waals surface area contributed by atoms with Crippen molar-refractivity contribution in [3.63, 3.8) is 0 Å². The zero-order chi connectivity index (χ0) is 21.3. The van der Waals surface area contributed by atoms with E-state index in [0.29, 0.717) is 12.1 Å². The topological polar surface area (TPSA) is 44.8 Å². The number of likely N-dealkylation sites (N-methyl/N-ethyl adjacent to an activating group) is 1. The van der Waals surface area contributed by atoms with Gasteiger partial charge < -0.3 is 10.1 Å². The van der Waals surface area contributed by atoms with Gasteiger partial charge in [-0.05, 0) is 42.4 Å². The fourth-order valence-corrected chi connectivity index (χ4v) is 4.23. The van der Waals surface area contributed by atoms with Crippen LogP contribution in [0.4, 0.5) is 0 Å². The Morgan fingerprint density at radius 2 is 1.87 bits per heavy atom. The molecular formula is C24H32ClN3O2. The van der Waals surface area contributed by atoms with E-state index in [1.54, 1.807) is 0 Å². The van der Waals surface area contributed by atoms with E-state index in [-0.39, 0.29) is 11.9 Å². The Bertz CT molecular complexity index is 820. The molecule has 6 heteroatoms. The molecule has 162 valence electrons. The Labute approximate surface area is 185 Å². The number of rotatable bonds is 9. The lowest BCUT2D eigenvalue weighted by Crippen LogP contribution is -2.38. The molecule has 1 heterocycles. The van der Waals surface area contributed by atoms with E-state index in [0.717, 1.165) is 62.1 Å². The molecule has 0 aromatic heterocycles. The summed E-state index contributed by atoms with van der Waals surface area (Å²) in [5.41, 5.74) is 2.89. The van der Waals surface area contributed by atoms with Gasteiger partial charge in [-0.3, -0.25) is 14.6 Å². The third-order valence-corrected chi connectivity index (χ3v) is 6.02. The molecule has 1 fully saturated rings. The number of carbonyl (C=O) groups is 1. The first-order valence-corrected chi connectivity index (χ1v) is 11.2. The number of carbonyl (C=O) groups excluding carboxylic acids is 1. The average molecular weight is 430 g/mol. The third kappa shape index (κ3) is 6.05. The van der Waals surface area contributed by atoms with E-state index in [1.807, 2.05) is 42.5 Å². The van der Waals surface area contributed by atoms with Gasteiger partial charge in [-0.1, -0.05) is 55.8 Å². The van der Waals surface area contributed by atoms with E-state index >= 15 is 0 Å². The summed E-state index contributed by atoms with van der Waals surface area (Å²) in [4.78, 5) is 17.6. The van der Waals surface area contributed by atoms with Crippen molar-refractivity contribution in [2.45, 2.75) is 26.4 Å². The van der Waals surface area contributed by atoms with Gasteiger partial charge in [0.2, 0.25) is 0 Å². The number of halogens is 1. The second kappa shape index (κ2) is 11.5. The van der Waals surface area contributed by atoms with E-state index in [1.165, 1.54) is 0 Å². The zero-order valence-corrected chi connectivity index (χ0v) is 18.7. The number of benzene rings is 2. The summed E-state index contributed by atoms with van der Waals surface area (Å²) < 4.78 is 5.42. The summed E-state index contributed by atoms with van der Waals surface area (Å²) in [7, 11) is 0. The van der Waals surface area contributed by atoms with Crippen molar-refractivity contribution in [2.24, 2.45) is 0 Å². The number of nitrogens with one attached hydrogen (secondary N) is 1. The third-order valence-electron chi connectivity index (χ3n) is 5.67. The van der Waals surface area contributed by atoms with Crippen LogP contribution in [-0.4, -0.2) is 61.6 Å². The smallest absolute Gasteiger partial charge is 0.251 e. The van der Waals surface area contributed by atoms with Gasteiger partial charge >= 0.3 is 0 Å². The summed E-state index contributed by atoms with van der Waals surface area (Å²) in [6.07, 6.45) is 0. The molecule has 1 aliphatic heterocycles. The van der Waals surface area contributed by atoms with Crippen LogP contribution in [0.15, 0.2) is 48.5 Å². The Hall–Kier alpha value is -1.92. The summed E-state index contributed by atoms with van der Waals surface area (Å²) in [5.74, 6) is -0.0527. The normalized spacial score (nSPS) is 15.9. The minimum atomic E-state index is -0.0527. The van der Waals surface area contributed by atoms with Crippen LogP contribution in [0.1, 0.15) is 41.4 Å². The predicted molar refractivity (Wildman–Crippen MR) is 122 cm³/mol. The number of hydrogen-bond donors (Lipinski definition) is 1. The van der Waals surface area contributed by atoms with Crippen LogP contribution in [-0.2, 0) is 11.3 Å². The minimum absolute atomic E-state index is 0.0363. The molecule has 2 aromatic rings. The molecule has 5 nitrogen and oxygen atoms in total. The number of hydrogen-bond acceptors (Lipinski definition) is 4. The largest absolute Gasteiger partial charge is 0.379 e. The molecule has 1 saturated heterocycles. The first kappa shape index (κ1) is 22.8. The van der Waals surface area contributed by atoms with Crippen molar-refractivity contribution in [1.29, 1.82) is 0 Å². The van der Waals surface area contributed by atoms with Crippen LogP contribution in [0.5, 0.6) is 0 Å². The molecule has 1 N–H and O–H groups in total. The second-order valence-electron chi connectivity index (χ2n) is 7.56. The van der Waals surface area contributed by atoms with Crippen molar-refractivity contribution >= 4 is 17.5 Å². The highest BCUT2D eigenvalue weighted by Crippen LogP contribution is 2.27. The summed E-state index contributed by atoms with van der Waals surface area (Å²) in [6, 6.07) is 15.8. The highest BCUT2D eigenvalue weighted by molar-refractivity contribution is 6.31. The van der Waals surface area contributed by atoms with E-state index in [2.05, 4.69) is 35.0 Å². The van der Waals surface area contributed by atoms with Gasteiger partial charge in [0.05, 0.1) is 19.3 Å². The molecule has 0 spiro atoms. The van der Waals surface area contributed by atoms with Crippen LogP contribution in [0, 0.1) is 0 Å². The fourth-order valence-electron chi connectivity index (χ4n) is 3.97. The van der Waals surface area contributed by atoms with Gasteiger partial charge in [-0.2, -0.15) is 0 Å². The van der Waals surface area contributed by atoms with Crippen LogP contribution in [0.2, 0.25) is 5.02 Å². The van der Waals surface area contributed by atoms with Gasteiger partial charge in [0.1, 0.15) is 0 Å². The monoisotopic (exact) mass is 429 g/mol. The quantitative estimate of drug-likeness (QED) is 0.654. The van der Waals surface area contributed by atoms with Crippen LogP contribution < -0.4 is 5.32 Å².